The highest BCUT2D eigenvalue weighted by Crippen LogP contribution is 2.31. The van der Waals surface area contributed by atoms with Gasteiger partial charge < -0.3 is 0 Å². The molecule has 0 aromatic carbocycles. The van der Waals surface area contributed by atoms with Crippen LogP contribution in [-0.2, 0) is 0 Å². The molecule has 0 unspecified atom stereocenters. The first kappa shape index (κ1) is 8.74. The maximum Gasteiger partial charge on any atom is 0.0434 e. The predicted molar refractivity (Wildman–Crippen MR) is 54.8 cm³/mol. The van der Waals surface area contributed by atoms with Crippen LogP contribution in [0.3, 0.4) is 0 Å². The maximum absolute atomic E-state index is 4.50. The highest BCUT2D eigenvalue weighted by molar-refractivity contribution is 5.15. The largest absolute Gasteiger partial charge is 0.261 e. The van der Waals surface area contributed by atoms with Gasteiger partial charge in [0.1, 0.15) is 0 Å². The molecular formula is C12H17N. The van der Waals surface area contributed by atoms with E-state index < -0.39 is 0 Å². The van der Waals surface area contributed by atoms with Crippen LogP contribution in [0.2, 0.25) is 0 Å². The van der Waals surface area contributed by atoms with E-state index in [2.05, 4.69) is 24.0 Å². The number of aryl methyl sites for hydroxylation is 1. The third-order valence-corrected chi connectivity index (χ3v) is 2.96. The Morgan fingerprint density at radius 3 is 2.54 bits per heavy atom. The van der Waals surface area contributed by atoms with Crippen molar-refractivity contribution in [2.75, 3.05) is 0 Å². The summed E-state index contributed by atoms with van der Waals surface area (Å²) >= 11 is 0. The van der Waals surface area contributed by atoms with E-state index in [-0.39, 0.29) is 0 Å². The Morgan fingerprint density at radius 2 is 1.92 bits per heavy atom. The lowest BCUT2D eigenvalue weighted by Gasteiger charge is -2.20. The summed E-state index contributed by atoms with van der Waals surface area (Å²) in [4.78, 5) is 4.50. The molecule has 1 aromatic heterocycles. The van der Waals surface area contributed by atoms with Crippen LogP contribution in [0.25, 0.3) is 0 Å². The summed E-state index contributed by atoms with van der Waals surface area (Å²) < 4.78 is 0. The summed E-state index contributed by atoms with van der Waals surface area (Å²) in [5.41, 5.74) is 2.57. The fourth-order valence-corrected chi connectivity index (χ4v) is 2.12. The summed E-state index contributed by atoms with van der Waals surface area (Å²) in [6.07, 6.45) is 8.87. The van der Waals surface area contributed by atoms with E-state index in [1.165, 1.54) is 43.4 Å². The molecule has 2 rings (SSSR count). The monoisotopic (exact) mass is 175 g/mol. The Balaban J connectivity index is 2.10. The quantitative estimate of drug-likeness (QED) is 0.637. The fraction of sp³-hybridized carbons (Fsp3) is 0.583. The molecule has 1 heteroatoms. The van der Waals surface area contributed by atoms with Crippen LogP contribution in [0.4, 0.5) is 0 Å². The molecule has 1 saturated carbocycles. The van der Waals surface area contributed by atoms with Crippen molar-refractivity contribution in [3.8, 4) is 0 Å². The molecule has 1 aliphatic rings. The van der Waals surface area contributed by atoms with Crippen molar-refractivity contribution in [2.24, 2.45) is 0 Å². The number of hydrogen-bond donors (Lipinski definition) is 0. The van der Waals surface area contributed by atoms with Crippen LogP contribution in [0.15, 0.2) is 18.3 Å². The number of pyridine rings is 1. The highest BCUT2D eigenvalue weighted by atomic mass is 14.7. The van der Waals surface area contributed by atoms with Gasteiger partial charge in [0, 0.05) is 17.8 Å². The molecule has 0 atom stereocenters. The first-order valence-electron chi connectivity index (χ1n) is 5.29. The number of nitrogens with zero attached hydrogens (tertiary/aromatic N) is 1. The molecule has 0 radical (unpaired) electrons. The van der Waals surface area contributed by atoms with Crippen molar-refractivity contribution in [1.29, 1.82) is 0 Å². The van der Waals surface area contributed by atoms with Gasteiger partial charge in [-0.3, -0.25) is 4.98 Å². The summed E-state index contributed by atoms with van der Waals surface area (Å²) in [5, 5.41) is 0. The zero-order valence-electron chi connectivity index (χ0n) is 8.29. The lowest BCUT2D eigenvalue weighted by atomic mass is 9.86. The molecule has 0 amide bonds. The summed E-state index contributed by atoms with van der Waals surface area (Å²) in [7, 11) is 0. The number of hydrogen-bond acceptors (Lipinski definition) is 1. The maximum atomic E-state index is 4.50. The van der Waals surface area contributed by atoms with Crippen LogP contribution in [0, 0.1) is 6.92 Å². The average molecular weight is 175 g/mol. The molecular weight excluding hydrogens is 158 g/mol. The lowest BCUT2D eigenvalue weighted by Crippen LogP contribution is -2.06. The smallest absolute Gasteiger partial charge is 0.0434 e. The first-order valence-corrected chi connectivity index (χ1v) is 5.29. The Kier molecular flexibility index (Phi) is 2.62. The van der Waals surface area contributed by atoms with E-state index in [0.717, 1.165) is 5.92 Å². The van der Waals surface area contributed by atoms with E-state index in [1.54, 1.807) is 0 Å². The van der Waals surface area contributed by atoms with Gasteiger partial charge in [0.15, 0.2) is 0 Å². The zero-order chi connectivity index (χ0) is 9.10. The molecule has 1 fully saturated rings. The number of aromatic nitrogens is 1. The van der Waals surface area contributed by atoms with Crippen LogP contribution < -0.4 is 0 Å². The van der Waals surface area contributed by atoms with Crippen LogP contribution in [0.5, 0.6) is 0 Å². The molecule has 1 aliphatic carbocycles. The SMILES string of the molecule is Cc1ccc(C2CCCCC2)nc1. The predicted octanol–water partition coefficient (Wildman–Crippen LogP) is 3.44. The van der Waals surface area contributed by atoms with Gasteiger partial charge in [-0.25, -0.2) is 0 Å². The Morgan fingerprint density at radius 1 is 1.15 bits per heavy atom. The molecule has 70 valence electrons. The third-order valence-electron chi connectivity index (χ3n) is 2.96. The van der Waals surface area contributed by atoms with Crippen molar-refractivity contribution in [1.82, 2.24) is 4.98 Å². The molecule has 0 bridgehead atoms. The average Bonchev–Trinajstić information content (AvgIpc) is 2.20. The minimum Gasteiger partial charge on any atom is -0.261 e. The third kappa shape index (κ3) is 2.09. The van der Waals surface area contributed by atoms with Gasteiger partial charge in [0.05, 0.1) is 0 Å². The van der Waals surface area contributed by atoms with Gasteiger partial charge in [-0.1, -0.05) is 25.3 Å². The van der Waals surface area contributed by atoms with Crippen molar-refractivity contribution in [3.63, 3.8) is 0 Å². The second-order valence-electron chi connectivity index (χ2n) is 4.10. The van der Waals surface area contributed by atoms with Crippen LogP contribution in [-0.4, -0.2) is 4.98 Å². The van der Waals surface area contributed by atoms with Crippen molar-refractivity contribution < 1.29 is 0 Å². The molecule has 1 nitrogen and oxygen atoms in total. The van der Waals surface area contributed by atoms with E-state index in [4.69, 9.17) is 0 Å². The minimum absolute atomic E-state index is 0.745. The van der Waals surface area contributed by atoms with Gasteiger partial charge >= 0.3 is 0 Å². The number of rotatable bonds is 1. The first-order chi connectivity index (χ1) is 6.36. The van der Waals surface area contributed by atoms with Crippen molar-refractivity contribution >= 4 is 0 Å². The normalized spacial score (nSPS) is 18.8. The van der Waals surface area contributed by atoms with Crippen molar-refractivity contribution in [3.05, 3.63) is 29.6 Å². The second kappa shape index (κ2) is 3.91. The summed E-state index contributed by atoms with van der Waals surface area (Å²) in [6.45, 7) is 2.09. The van der Waals surface area contributed by atoms with Gasteiger partial charge in [0.25, 0.3) is 0 Å². The summed E-state index contributed by atoms with van der Waals surface area (Å²) in [5.74, 6) is 0.745. The molecule has 0 N–H and O–H groups in total. The van der Waals surface area contributed by atoms with E-state index in [9.17, 15) is 0 Å². The highest BCUT2D eigenvalue weighted by Gasteiger charge is 2.15. The molecule has 0 saturated heterocycles. The lowest BCUT2D eigenvalue weighted by molar-refractivity contribution is 0.436. The van der Waals surface area contributed by atoms with E-state index >= 15 is 0 Å². The minimum atomic E-state index is 0.745. The Labute approximate surface area is 80.2 Å². The van der Waals surface area contributed by atoms with Gasteiger partial charge in [0.2, 0.25) is 0 Å². The van der Waals surface area contributed by atoms with Crippen LogP contribution in [0.1, 0.15) is 49.3 Å². The molecule has 13 heavy (non-hydrogen) atoms. The van der Waals surface area contributed by atoms with E-state index in [1.807, 2.05) is 6.20 Å². The van der Waals surface area contributed by atoms with Gasteiger partial charge in [-0.2, -0.15) is 0 Å². The Hall–Kier alpha value is -0.850. The summed E-state index contributed by atoms with van der Waals surface area (Å²) in [6, 6.07) is 4.38. The fourth-order valence-electron chi connectivity index (χ4n) is 2.12. The van der Waals surface area contributed by atoms with Crippen molar-refractivity contribution in [2.45, 2.75) is 44.9 Å². The van der Waals surface area contributed by atoms with Gasteiger partial charge in [-0.15, -0.1) is 0 Å². The molecule has 0 spiro atoms. The van der Waals surface area contributed by atoms with Crippen LogP contribution >= 0.6 is 0 Å². The molecule has 0 aliphatic heterocycles. The zero-order valence-corrected chi connectivity index (χ0v) is 8.29. The second-order valence-corrected chi connectivity index (χ2v) is 4.10. The molecule has 1 aromatic rings. The van der Waals surface area contributed by atoms with Gasteiger partial charge in [-0.05, 0) is 31.4 Å². The topological polar surface area (TPSA) is 12.9 Å². The Bertz CT molecular complexity index is 257. The van der Waals surface area contributed by atoms with E-state index in [0.29, 0.717) is 0 Å². The standard InChI is InChI=1S/C12H17N/c1-10-7-8-12(13-9-10)11-5-3-2-4-6-11/h7-9,11H,2-6H2,1H3. The molecule has 1 heterocycles.